The first-order chi connectivity index (χ1) is 15.6. The molecule has 0 N–H and O–H groups in total. The molecule has 0 aromatic heterocycles. The maximum atomic E-state index is 13.1. The molecule has 32 heavy (non-hydrogen) atoms. The van der Waals surface area contributed by atoms with Gasteiger partial charge in [0.15, 0.2) is 0 Å². The predicted octanol–water partition coefficient (Wildman–Crippen LogP) is 5.00. The lowest BCUT2D eigenvalue weighted by Crippen LogP contribution is -2.37. The van der Waals surface area contributed by atoms with Crippen LogP contribution in [0.1, 0.15) is 27.1 Å². The SMILES string of the molecule is COc1ccc(Cl)cc1C(=O)N1CCCN(C(=O)c2ccc(-c3ccccc3)cc2)CC1. The Morgan fingerprint density at radius 3 is 2.06 bits per heavy atom. The van der Waals surface area contributed by atoms with Crippen molar-refractivity contribution >= 4 is 23.4 Å². The lowest BCUT2D eigenvalue weighted by Gasteiger charge is -2.23. The Morgan fingerprint density at radius 1 is 0.781 bits per heavy atom. The molecule has 0 saturated carbocycles. The molecular weight excluding hydrogens is 424 g/mol. The number of ether oxygens (including phenoxy) is 1. The van der Waals surface area contributed by atoms with E-state index in [1.54, 1.807) is 23.1 Å². The molecule has 1 heterocycles. The van der Waals surface area contributed by atoms with E-state index < -0.39 is 0 Å². The lowest BCUT2D eigenvalue weighted by molar-refractivity contribution is 0.0717. The van der Waals surface area contributed by atoms with Gasteiger partial charge in [0.2, 0.25) is 0 Å². The van der Waals surface area contributed by atoms with Gasteiger partial charge in [0, 0.05) is 36.8 Å². The third kappa shape index (κ3) is 4.78. The molecule has 0 spiro atoms. The van der Waals surface area contributed by atoms with Crippen molar-refractivity contribution in [3.8, 4) is 16.9 Å². The van der Waals surface area contributed by atoms with Gasteiger partial charge in [-0.2, -0.15) is 0 Å². The molecule has 1 saturated heterocycles. The van der Waals surface area contributed by atoms with E-state index in [2.05, 4.69) is 0 Å². The summed E-state index contributed by atoms with van der Waals surface area (Å²) in [6.45, 7) is 2.12. The Hall–Kier alpha value is -3.31. The van der Waals surface area contributed by atoms with Crippen LogP contribution in [0.5, 0.6) is 5.75 Å². The molecule has 5 nitrogen and oxygen atoms in total. The third-order valence-corrected chi connectivity index (χ3v) is 5.94. The zero-order valence-electron chi connectivity index (χ0n) is 18.0. The van der Waals surface area contributed by atoms with Gasteiger partial charge >= 0.3 is 0 Å². The normalized spacial score (nSPS) is 14.1. The summed E-state index contributed by atoms with van der Waals surface area (Å²) in [5.74, 6) is 0.347. The average Bonchev–Trinajstić information content (AvgIpc) is 3.10. The van der Waals surface area contributed by atoms with Crippen molar-refractivity contribution in [2.75, 3.05) is 33.3 Å². The van der Waals surface area contributed by atoms with E-state index in [-0.39, 0.29) is 11.8 Å². The Balaban J connectivity index is 1.43. The van der Waals surface area contributed by atoms with E-state index >= 15 is 0 Å². The quantitative estimate of drug-likeness (QED) is 0.564. The molecule has 0 unspecified atom stereocenters. The van der Waals surface area contributed by atoms with Crippen LogP contribution in [0.3, 0.4) is 0 Å². The van der Waals surface area contributed by atoms with Crippen LogP contribution in [0.25, 0.3) is 11.1 Å². The standard InChI is InChI=1S/C26H25ClN2O3/c1-32-24-13-12-22(27)18-23(24)26(31)29-15-5-14-28(16-17-29)25(30)21-10-8-20(9-11-21)19-6-3-2-4-7-19/h2-4,6-13,18H,5,14-17H2,1H3. The molecular formula is C26H25ClN2O3. The fraction of sp³-hybridized carbons (Fsp3) is 0.231. The first-order valence-corrected chi connectivity index (χ1v) is 11.0. The maximum Gasteiger partial charge on any atom is 0.257 e. The second-order valence-electron chi connectivity index (χ2n) is 7.73. The van der Waals surface area contributed by atoms with Gasteiger partial charge in [-0.1, -0.05) is 54.1 Å². The highest BCUT2D eigenvalue weighted by Crippen LogP contribution is 2.25. The minimum absolute atomic E-state index is 0.0146. The summed E-state index contributed by atoms with van der Waals surface area (Å²) < 4.78 is 5.33. The Morgan fingerprint density at radius 2 is 1.41 bits per heavy atom. The van der Waals surface area contributed by atoms with Gasteiger partial charge in [-0.05, 0) is 47.9 Å². The lowest BCUT2D eigenvalue weighted by atomic mass is 10.0. The van der Waals surface area contributed by atoms with Crippen LogP contribution >= 0.6 is 11.6 Å². The molecule has 1 aliphatic rings. The number of halogens is 1. The highest BCUT2D eigenvalue weighted by molar-refractivity contribution is 6.31. The van der Waals surface area contributed by atoms with E-state index in [1.165, 1.54) is 7.11 Å². The highest BCUT2D eigenvalue weighted by Gasteiger charge is 2.25. The molecule has 4 rings (SSSR count). The van der Waals surface area contributed by atoms with Gasteiger partial charge in [-0.25, -0.2) is 0 Å². The van der Waals surface area contributed by atoms with E-state index in [1.807, 2.05) is 59.5 Å². The number of carbonyl (C=O) groups is 2. The number of carbonyl (C=O) groups excluding carboxylic acids is 2. The molecule has 0 radical (unpaired) electrons. The van der Waals surface area contributed by atoms with Gasteiger partial charge in [0.05, 0.1) is 12.7 Å². The molecule has 1 aliphatic heterocycles. The molecule has 0 atom stereocenters. The summed E-state index contributed by atoms with van der Waals surface area (Å²) in [6.07, 6.45) is 0.711. The summed E-state index contributed by atoms with van der Waals surface area (Å²) in [5.41, 5.74) is 3.29. The summed E-state index contributed by atoms with van der Waals surface area (Å²) in [7, 11) is 1.53. The highest BCUT2D eigenvalue weighted by atomic mass is 35.5. The first-order valence-electron chi connectivity index (χ1n) is 10.6. The van der Waals surface area contributed by atoms with Crippen molar-refractivity contribution in [1.82, 2.24) is 9.80 Å². The van der Waals surface area contributed by atoms with Crippen LogP contribution in [0.4, 0.5) is 0 Å². The van der Waals surface area contributed by atoms with E-state index in [0.29, 0.717) is 54.5 Å². The average molecular weight is 449 g/mol. The number of nitrogens with zero attached hydrogens (tertiary/aromatic N) is 2. The van der Waals surface area contributed by atoms with Gasteiger partial charge in [-0.15, -0.1) is 0 Å². The van der Waals surface area contributed by atoms with Gasteiger partial charge in [-0.3, -0.25) is 9.59 Å². The Bertz CT molecular complexity index is 1100. The number of benzene rings is 3. The van der Waals surface area contributed by atoms with E-state index in [0.717, 1.165) is 11.1 Å². The van der Waals surface area contributed by atoms with Crippen LogP contribution in [-0.4, -0.2) is 54.9 Å². The number of methoxy groups -OCH3 is 1. The summed E-state index contributed by atoms with van der Waals surface area (Å²) in [5, 5.41) is 0.486. The van der Waals surface area contributed by atoms with Gasteiger partial charge in [0.1, 0.15) is 5.75 Å². The van der Waals surface area contributed by atoms with Crippen molar-refractivity contribution in [3.63, 3.8) is 0 Å². The minimum Gasteiger partial charge on any atom is -0.496 e. The molecule has 3 aromatic carbocycles. The van der Waals surface area contributed by atoms with E-state index in [4.69, 9.17) is 16.3 Å². The van der Waals surface area contributed by atoms with Crippen molar-refractivity contribution in [2.45, 2.75) is 6.42 Å². The van der Waals surface area contributed by atoms with Crippen LogP contribution < -0.4 is 4.74 Å². The molecule has 0 aliphatic carbocycles. The maximum absolute atomic E-state index is 13.1. The van der Waals surface area contributed by atoms with E-state index in [9.17, 15) is 9.59 Å². The Kier molecular flexibility index (Phi) is 6.76. The molecule has 0 bridgehead atoms. The number of hydrogen-bond donors (Lipinski definition) is 0. The molecule has 2 amide bonds. The number of amides is 2. The van der Waals surface area contributed by atoms with Crippen LogP contribution in [0.15, 0.2) is 72.8 Å². The van der Waals surface area contributed by atoms with Crippen LogP contribution in [0.2, 0.25) is 5.02 Å². The van der Waals surface area contributed by atoms with Crippen LogP contribution in [0, 0.1) is 0 Å². The van der Waals surface area contributed by atoms with Gasteiger partial charge < -0.3 is 14.5 Å². The zero-order valence-corrected chi connectivity index (χ0v) is 18.7. The second-order valence-corrected chi connectivity index (χ2v) is 8.16. The smallest absolute Gasteiger partial charge is 0.257 e. The predicted molar refractivity (Wildman–Crippen MR) is 126 cm³/mol. The number of rotatable bonds is 4. The topological polar surface area (TPSA) is 49.9 Å². The molecule has 6 heteroatoms. The molecule has 3 aromatic rings. The van der Waals surface area contributed by atoms with Crippen LogP contribution in [-0.2, 0) is 0 Å². The van der Waals surface area contributed by atoms with Gasteiger partial charge in [0.25, 0.3) is 11.8 Å². The largest absolute Gasteiger partial charge is 0.496 e. The molecule has 164 valence electrons. The Labute approximate surface area is 193 Å². The van der Waals surface area contributed by atoms with Crippen molar-refractivity contribution in [1.29, 1.82) is 0 Å². The minimum atomic E-state index is -0.133. The summed E-state index contributed by atoms with van der Waals surface area (Å²) in [6, 6.07) is 22.8. The summed E-state index contributed by atoms with van der Waals surface area (Å²) >= 11 is 6.09. The molecule has 1 fully saturated rings. The van der Waals surface area contributed by atoms with Crippen molar-refractivity contribution < 1.29 is 14.3 Å². The monoisotopic (exact) mass is 448 g/mol. The zero-order chi connectivity index (χ0) is 22.5. The fourth-order valence-corrected chi connectivity index (χ4v) is 4.13. The first kappa shape index (κ1) is 21.9. The number of hydrogen-bond acceptors (Lipinski definition) is 3. The van der Waals surface area contributed by atoms with Crippen molar-refractivity contribution in [3.05, 3.63) is 88.9 Å². The summed E-state index contributed by atoms with van der Waals surface area (Å²) in [4.78, 5) is 29.7. The second kappa shape index (κ2) is 9.88. The fourth-order valence-electron chi connectivity index (χ4n) is 3.96. The third-order valence-electron chi connectivity index (χ3n) is 5.70. The van der Waals surface area contributed by atoms with Crippen molar-refractivity contribution in [2.24, 2.45) is 0 Å².